The summed E-state index contributed by atoms with van der Waals surface area (Å²) < 4.78 is 37.6. The summed E-state index contributed by atoms with van der Waals surface area (Å²) in [6.45, 7) is 6.37. The minimum absolute atomic E-state index is 0.0611. The Morgan fingerprint density at radius 2 is 1.87 bits per heavy atom. The van der Waals surface area contributed by atoms with Crippen LogP contribution >= 0.6 is 11.3 Å². The summed E-state index contributed by atoms with van der Waals surface area (Å²) >= 11 is 1.31. The number of aryl methyl sites for hydroxylation is 3. The van der Waals surface area contributed by atoms with Gasteiger partial charge in [0.15, 0.2) is 10.9 Å². The van der Waals surface area contributed by atoms with Crippen LogP contribution in [0.3, 0.4) is 0 Å². The maximum Gasteiger partial charge on any atom is 0.246 e. The van der Waals surface area contributed by atoms with E-state index in [0.29, 0.717) is 5.13 Å². The van der Waals surface area contributed by atoms with Crippen molar-refractivity contribution in [3.05, 3.63) is 40.6 Å². The first-order chi connectivity index (χ1) is 14.1. The Morgan fingerprint density at radius 1 is 1.20 bits per heavy atom. The van der Waals surface area contributed by atoms with Crippen molar-refractivity contribution >= 4 is 32.4 Å². The largest absolute Gasteiger partial charge is 0.497 e. The number of nitrogens with zero attached hydrogens (tertiary/aromatic N) is 2. The van der Waals surface area contributed by atoms with Gasteiger partial charge in [0, 0.05) is 10.4 Å². The van der Waals surface area contributed by atoms with Gasteiger partial charge in [0.25, 0.3) is 0 Å². The Hall–Kier alpha value is -2.76. The molecule has 11 heteroatoms. The van der Waals surface area contributed by atoms with Gasteiger partial charge in [-0.15, -0.1) is 11.3 Å². The molecule has 1 amide bonds. The molecule has 0 saturated carbocycles. The van der Waals surface area contributed by atoms with Crippen LogP contribution in [-0.4, -0.2) is 37.6 Å². The van der Waals surface area contributed by atoms with Gasteiger partial charge in [0.2, 0.25) is 15.9 Å². The van der Waals surface area contributed by atoms with E-state index < -0.39 is 22.0 Å². The first-order valence-corrected chi connectivity index (χ1v) is 11.3. The summed E-state index contributed by atoms with van der Waals surface area (Å²) in [5.74, 6) is 0.368. The number of hydrogen-bond donors (Lipinski definition) is 2. The molecular weight excluding hydrogens is 428 g/mol. The van der Waals surface area contributed by atoms with Crippen molar-refractivity contribution in [3.8, 4) is 17.0 Å². The third-order valence-corrected chi connectivity index (χ3v) is 7.02. The minimum Gasteiger partial charge on any atom is -0.497 e. The third-order valence-electron chi connectivity index (χ3n) is 4.35. The van der Waals surface area contributed by atoms with Crippen molar-refractivity contribution in [2.75, 3.05) is 12.4 Å². The number of anilines is 1. The second kappa shape index (κ2) is 8.54. The number of carbonyl (C=O) groups is 1. The zero-order chi connectivity index (χ0) is 22.1. The van der Waals surface area contributed by atoms with Gasteiger partial charge >= 0.3 is 0 Å². The standard InChI is InChI=1S/C19H22N4O5S2/c1-10-17(12(3)28-22-10)30(25,26)23-11(2)18(24)21-19-20-16(13(4)29-19)14-6-8-15(27-5)9-7-14/h6-9,11,23H,1-5H3,(H,20,21,24)/t11-/m0/s1. The lowest BCUT2D eigenvalue weighted by atomic mass is 10.1. The number of amides is 1. The van der Waals surface area contributed by atoms with Crippen LogP contribution < -0.4 is 14.8 Å². The van der Waals surface area contributed by atoms with E-state index in [1.807, 2.05) is 31.2 Å². The summed E-state index contributed by atoms with van der Waals surface area (Å²) in [6, 6.07) is 6.40. The molecule has 160 valence electrons. The maximum atomic E-state index is 12.6. The SMILES string of the molecule is COc1ccc(-c2nc(NC(=O)[C@H](C)NS(=O)(=O)c3c(C)noc3C)sc2C)cc1. The highest BCUT2D eigenvalue weighted by molar-refractivity contribution is 7.89. The molecule has 0 fully saturated rings. The van der Waals surface area contributed by atoms with Gasteiger partial charge in [-0.2, -0.15) is 4.72 Å². The molecule has 0 unspecified atom stereocenters. The van der Waals surface area contributed by atoms with E-state index in [1.54, 1.807) is 7.11 Å². The fourth-order valence-electron chi connectivity index (χ4n) is 2.88. The van der Waals surface area contributed by atoms with Crippen LogP contribution in [0.25, 0.3) is 11.3 Å². The van der Waals surface area contributed by atoms with Crippen molar-refractivity contribution in [2.45, 2.75) is 38.6 Å². The average molecular weight is 451 g/mol. The molecule has 9 nitrogen and oxygen atoms in total. The van der Waals surface area contributed by atoms with Crippen molar-refractivity contribution in [1.82, 2.24) is 14.9 Å². The smallest absolute Gasteiger partial charge is 0.246 e. The van der Waals surface area contributed by atoms with Gasteiger partial charge in [-0.05, 0) is 52.0 Å². The molecule has 0 spiro atoms. The van der Waals surface area contributed by atoms with Gasteiger partial charge in [-0.1, -0.05) is 5.16 Å². The van der Waals surface area contributed by atoms with E-state index >= 15 is 0 Å². The predicted octanol–water partition coefficient (Wildman–Crippen LogP) is 3.04. The molecule has 2 aromatic heterocycles. The second-order valence-corrected chi connectivity index (χ2v) is 9.49. The van der Waals surface area contributed by atoms with Crippen LogP contribution in [0.1, 0.15) is 23.3 Å². The molecule has 0 bridgehead atoms. The molecule has 0 aliphatic carbocycles. The van der Waals surface area contributed by atoms with E-state index in [1.165, 1.54) is 32.1 Å². The molecule has 2 heterocycles. The van der Waals surface area contributed by atoms with Gasteiger partial charge in [0.05, 0.1) is 18.8 Å². The first kappa shape index (κ1) is 21.9. The average Bonchev–Trinajstić information content (AvgIpc) is 3.23. The van der Waals surface area contributed by atoms with Gasteiger partial charge in [-0.25, -0.2) is 13.4 Å². The molecule has 3 rings (SSSR count). The van der Waals surface area contributed by atoms with Crippen LogP contribution in [-0.2, 0) is 14.8 Å². The Kier molecular flexibility index (Phi) is 6.25. The molecule has 0 radical (unpaired) electrons. The lowest BCUT2D eigenvalue weighted by Gasteiger charge is -2.13. The normalized spacial score (nSPS) is 12.6. The van der Waals surface area contributed by atoms with Crippen molar-refractivity contribution < 1.29 is 22.5 Å². The Bertz CT molecular complexity index is 1150. The Balaban J connectivity index is 1.73. The lowest BCUT2D eigenvalue weighted by Crippen LogP contribution is -2.41. The zero-order valence-corrected chi connectivity index (χ0v) is 18.8. The molecule has 2 N–H and O–H groups in total. The quantitative estimate of drug-likeness (QED) is 0.567. The van der Waals surface area contributed by atoms with E-state index in [0.717, 1.165) is 21.9 Å². The first-order valence-electron chi connectivity index (χ1n) is 9.00. The van der Waals surface area contributed by atoms with Crippen LogP contribution in [0.15, 0.2) is 33.7 Å². The van der Waals surface area contributed by atoms with E-state index in [2.05, 4.69) is 20.2 Å². The summed E-state index contributed by atoms with van der Waals surface area (Å²) in [7, 11) is -2.37. The second-order valence-electron chi connectivity index (χ2n) is 6.64. The van der Waals surface area contributed by atoms with Crippen molar-refractivity contribution in [1.29, 1.82) is 0 Å². The van der Waals surface area contributed by atoms with Crippen LogP contribution in [0.4, 0.5) is 5.13 Å². The van der Waals surface area contributed by atoms with E-state index in [9.17, 15) is 13.2 Å². The summed E-state index contributed by atoms with van der Waals surface area (Å²) in [6.07, 6.45) is 0. The maximum absolute atomic E-state index is 12.6. The number of benzene rings is 1. The summed E-state index contributed by atoms with van der Waals surface area (Å²) in [4.78, 5) is 17.9. The fraction of sp³-hybridized carbons (Fsp3) is 0.316. The van der Waals surface area contributed by atoms with Crippen LogP contribution in [0, 0.1) is 20.8 Å². The van der Waals surface area contributed by atoms with Gasteiger partial charge < -0.3 is 14.6 Å². The van der Waals surface area contributed by atoms with Crippen molar-refractivity contribution in [3.63, 3.8) is 0 Å². The van der Waals surface area contributed by atoms with E-state index in [-0.39, 0.29) is 16.3 Å². The lowest BCUT2D eigenvalue weighted by molar-refractivity contribution is -0.117. The molecule has 0 aliphatic heterocycles. The molecule has 30 heavy (non-hydrogen) atoms. The summed E-state index contributed by atoms with van der Waals surface area (Å²) in [5.41, 5.74) is 1.85. The molecule has 1 aromatic carbocycles. The highest BCUT2D eigenvalue weighted by atomic mass is 32.2. The number of aromatic nitrogens is 2. The monoisotopic (exact) mass is 450 g/mol. The Morgan fingerprint density at radius 3 is 2.43 bits per heavy atom. The van der Waals surface area contributed by atoms with Gasteiger partial charge in [0.1, 0.15) is 16.3 Å². The zero-order valence-electron chi connectivity index (χ0n) is 17.1. The molecule has 0 saturated heterocycles. The summed E-state index contributed by atoms with van der Waals surface area (Å²) in [5, 5.41) is 6.69. The number of carbonyl (C=O) groups excluding carboxylic acids is 1. The minimum atomic E-state index is -3.96. The third kappa shape index (κ3) is 4.53. The highest BCUT2D eigenvalue weighted by Crippen LogP contribution is 2.31. The van der Waals surface area contributed by atoms with Crippen molar-refractivity contribution in [2.24, 2.45) is 0 Å². The molecular formula is C19H22N4O5S2. The number of rotatable bonds is 7. The number of hydrogen-bond acceptors (Lipinski definition) is 8. The number of ether oxygens (including phenoxy) is 1. The predicted molar refractivity (Wildman–Crippen MR) is 113 cm³/mol. The highest BCUT2D eigenvalue weighted by Gasteiger charge is 2.28. The number of sulfonamides is 1. The fourth-order valence-corrected chi connectivity index (χ4v) is 5.25. The number of methoxy groups -OCH3 is 1. The number of nitrogens with one attached hydrogen (secondary N) is 2. The number of thiazole rings is 1. The van der Waals surface area contributed by atoms with Crippen LogP contribution in [0.5, 0.6) is 5.75 Å². The molecule has 1 atom stereocenters. The molecule has 0 aliphatic rings. The Labute approximate surface area is 178 Å². The van der Waals surface area contributed by atoms with Crippen LogP contribution in [0.2, 0.25) is 0 Å². The topological polar surface area (TPSA) is 123 Å². The van der Waals surface area contributed by atoms with Gasteiger partial charge in [-0.3, -0.25) is 4.79 Å². The van der Waals surface area contributed by atoms with E-state index in [4.69, 9.17) is 9.26 Å². The molecule has 3 aromatic rings.